The molecule has 0 unspecified atom stereocenters. The molecule has 1 aliphatic rings. The van der Waals surface area contributed by atoms with Crippen LogP contribution >= 0.6 is 0 Å². The van der Waals surface area contributed by atoms with Gasteiger partial charge in [0.05, 0.1) is 11.4 Å². The van der Waals surface area contributed by atoms with Crippen LogP contribution in [0, 0.1) is 20.8 Å². The van der Waals surface area contributed by atoms with Crippen molar-refractivity contribution in [3.63, 3.8) is 0 Å². The van der Waals surface area contributed by atoms with Crippen molar-refractivity contribution in [2.45, 2.75) is 33.6 Å². The largest absolute Gasteiger partial charge is 0.228 e. The maximum atomic E-state index is 5.22. The summed E-state index contributed by atoms with van der Waals surface area (Å²) < 4.78 is 0. The fourth-order valence-electron chi connectivity index (χ4n) is 7.46. The molecule has 0 spiro atoms. The molecule has 0 amide bonds. The van der Waals surface area contributed by atoms with Gasteiger partial charge in [0.25, 0.3) is 0 Å². The predicted molar refractivity (Wildman–Crippen MR) is 242 cm³/mol. The van der Waals surface area contributed by atoms with Gasteiger partial charge in [0.2, 0.25) is 0 Å². The van der Waals surface area contributed by atoms with Crippen molar-refractivity contribution in [2.24, 2.45) is 0 Å². The van der Waals surface area contributed by atoms with E-state index in [1.54, 1.807) is 0 Å². The Hall–Kier alpha value is -6.90. The maximum absolute atomic E-state index is 5.22. The van der Waals surface area contributed by atoms with Gasteiger partial charge in [-0.15, -0.1) is 0 Å². The maximum Gasteiger partial charge on any atom is 0.160 e. The normalized spacial score (nSPS) is 12.0. The summed E-state index contributed by atoms with van der Waals surface area (Å²) in [7, 11) is 0. The van der Waals surface area contributed by atoms with Gasteiger partial charge in [-0.2, -0.15) is 0 Å². The number of hydrogen-bond acceptors (Lipinski definition) is 2. The molecule has 2 nitrogen and oxygen atoms in total. The van der Waals surface area contributed by atoms with Crippen LogP contribution in [-0.4, -0.2) is 9.97 Å². The summed E-state index contributed by atoms with van der Waals surface area (Å²) in [4.78, 5) is 10.4. The fourth-order valence-corrected chi connectivity index (χ4v) is 7.46. The molecule has 8 aromatic rings. The Balaban J connectivity index is 0.000000274. The van der Waals surface area contributed by atoms with Crippen LogP contribution in [0.15, 0.2) is 200 Å². The van der Waals surface area contributed by atoms with Crippen LogP contribution in [0.25, 0.3) is 72.9 Å². The summed E-state index contributed by atoms with van der Waals surface area (Å²) >= 11 is 0. The number of benzene rings is 7. The van der Waals surface area contributed by atoms with Crippen molar-refractivity contribution < 1.29 is 0 Å². The van der Waals surface area contributed by atoms with Gasteiger partial charge >= 0.3 is 0 Å². The van der Waals surface area contributed by atoms with Crippen LogP contribution < -0.4 is 0 Å². The predicted octanol–water partition coefficient (Wildman–Crippen LogP) is 14.8. The molecule has 0 saturated carbocycles. The zero-order valence-corrected chi connectivity index (χ0v) is 32.9. The van der Waals surface area contributed by atoms with E-state index in [0.717, 1.165) is 52.3 Å². The molecule has 0 bridgehead atoms. The third-order valence-electron chi connectivity index (χ3n) is 10.5. The number of rotatable bonds is 7. The highest BCUT2D eigenvalue weighted by molar-refractivity contribution is 5.83. The smallest absolute Gasteiger partial charge is 0.160 e. The van der Waals surface area contributed by atoms with Gasteiger partial charge in [0, 0.05) is 16.7 Å². The third-order valence-corrected chi connectivity index (χ3v) is 10.5. The van der Waals surface area contributed by atoms with E-state index in [1.165, 1.54) is 55.6 Å². The lowest BCUT2D eigenvalue weighted by molar-refractivity contribution is 1.04. The SMILES string of the molecule is Cc1cccc(-c2cccc(-c3cc(-c4ccccc4)nc(-c4cc(C5=CCCC=C5)cc(-c5ccccc5)c4)n3)c2)c1.Cc1ccccc1-c1ccccc1C. The molecule has 0 fully saturated rings. The second-order valence-corrected chi connectivity index (χ2v) is 14.7. The molecule has 57 heavy (non-hydrogen) atoms. The number of aromatic nitrogens is 2. The molecular weight excluding hydrogens is 689 g/mol. The second-order valence-electron chi connectivity index (χ2n) is 14.7. The molecule has 9 rings (SSSR count). The molecule has 0 radical (unpaired) electrons. The Morgan fingerprint density at radius 3 is 1.51 bits per heavy atom. The Labute approximate surface area is 337 Å². The van der Waals surface area contributed by atoms with Crippen LogP contribution in [0.3, 0.4) is 0 Å². The highest BCUT2D eigenvalue weighted by atomic mass is 14.9. The van der Waals surface area contributed by atoms with Crippen molar-refractivity contribution in [1.82, 2.24) is 9.97 Å². The number of hydrogen-bond donors (Lipinski definition) is 0. The van der Waals surface area contributed by atoms with E-state index in [0.29, 0.717) is 0 Å². The molecule has 7 aromatic carbocycles. The summed E-state index contributed by atoms with van der Waals surface area (Å²) in [5.41, 5.74) is 18.7. The highest BCUT2D eigenvalue weighted by Crippen LogP contribution is 2.35. The van der Waals surface area contributed by atoms with Gasteiger partial charge in [-0.25, -0.2) is 9.97 Å². The van der Waals surface area contributed by atoms with E-state index in [2.05, 4.69) is 215 Å². The summed E-state index contributed by atoms with van der Waals surface area (Å²) in [6.45, 7) is 6.44. The average Bonchev–Trinajstić information content (AvgIpc) is 3.28. The summed E-state index contributed by atoms with van der Waals surface area (Å²) in [6, 6.07) is 64.1. The minimum Gasteiger partial charge on any atom is -0.228 e. The molecule has 0 saturated heterocycles. The van der Waals surface area contributed by atoms with Gasteiger partial charge in [-0.1, -0.05) is 175 Å². The first-order chi connectivity index (χ1) is 28.0. The Bertz CT molecular complexity index is 2660. The highest BCUT2D eigenvalue weighted by Gasteiger charge is 2.15. The Morgan fingerprint density at radius 2 is 0.877 bits per heavy atom. The van der Waals surface area contributed by atoms with Crippen molar-refractivity contribution >= 4 is 5.57 Å². The van der Waals surface area contributed by atoms with Gasteiger partial charge < -0.3 is 0 Å². The van der Waals surface area contributed by atoms with Crippen molar-refractivity contribution in [1.29, 1.82) is 0 Å². The molecule has 1 aliphatic carbocycles. The van der Waals surface area contributed by atoms with Crippen LogP contribution in [0.5, 0.6) is 0 Å². The average molecular weight is 735 g/mol. The lowest BCUT2D eigenvalue weighted by Gasteiger charge is -2.14. The molecule has 1 aromatic heterocycles. The molecule has 276 valence electrons. The topological polar surface area (TPSA) is 25.8 Å². The van der Waals surface area contributed by atoms with E-state index in [1.807, 2.05) is 6.07 Å². The van der Waals surface area contributed by atoms with E-state index >= 15 is 0 Å². The zero-order valence-electron chi connectivity index (χ0n) is 32.9. The van der Waals surface area contributed by atoms with Gasteiger partial charge in [-0.05, 0) is 120 Å². The third kappa shape index (κ3) is 8.82. The second kappa shape index (κ2) is 17.3. The van der Waals surface area contributed by atoms with Crippen LogP contribution in [0.4, 0.5) is 0 Å². The monoisotopic (exact) mass is 734 g/mol. The van der Waals surface area contributed by atoms with E-state index in [-0.39, 0.29) is 0 Å². The standard InChI is InChI=1S/C41H32N2.C14H14/c1-29-13-11-20-33(23-29)34-21-12-22-35(24-34)40-28-39(32-18-9-4-10-19-32)42-41(43-40)38-26-36(30-14-5-2-6-15-30)25-37(27-38)31-16-7-3-8-17-31;1-11-7-3-5-9-13(11)14-10-6-4-8-12(14)2/h2,4-7,9-28H,3,8H2,1H3;3-10H,1-2H3. The minimum atomic E-state index is 0.719. The zero-order chi connectivity index (χ0) is 39.0. The quantitative estimate of drug-likeness (QED) is 0.163. The van der Waals surface area contributed by atoms with Crippen LogP contribution in [0.1, 0.15) is 35.1 Å². The van der Waals surface area contributed by atoms with Crippen LogP contribution in [0.2, 0.25) is 0 Å². The Morgan fingerprint density at radius 1 is 0.368 bits per heavy atom. The first-order valence-electron chi connectivity index (χ1n) is 19.8. The number of aryl methyl sites for hydroxylation is 3. The summed E-state index contributed by atoms with van der Waals surface area (Å²) in [5, 5.41) is 0. The molecule has 0 atom stereocenters. The number of nitrogens with zero attached hydrogens (tertiary/aromatic N) is 2. The first kappa shape index (κ1) is 37.0. The number of allylic oxidation sites excluding steroid dienone is 4. The van der Waals surface area contributed by atoms with Crippen molar-refractivity contribution in [3.8, 4) is 67.3 Å². The molecule has 2 heteroatoms. The first-order valence-corrected chi connectivity index (χ1v) is 19.8. The van der Waals surface area contributed by atoms with Gasteiger partial charge in [0.15, 0.2) is 5.82 Å². The van der Waals surface area contributed by atoms with E-state index in [4.69, 9.17) is 9.97 Å². The fraction of sp³-hybridized carbons (Fsp3) is 0.0909. The molecule has 1 heterocycles. The molecule has 0 N–H and O–H groups in total. The molecular formula is C55H46N2. The van der Waals surface area contributed by atoms with Crippen molar-refractivity contribution in [3.05, 3.63) is 222 Å². The summed E-state index contributed by atoms with van der Waals surface area (Å²) in [5.74, 6) is 0.719. The van der Waals surface area contributed by atoms with Crippen LogP contribution in [-0.2, 0) is 0 Å². The van der Waals surface area contributed by atoms with Crippen molar-refractivity contribution in [2.75, 3.05) is 0 Å². The Kier molecular flexibility index (Phi) is 11.2. The van der Waals surface area contributed by atoms with Gasteiger partial charge in [-0.3, -0.25) is 0 Å². The lowest BCUT2D eigenvalue weighted by atomic mass is 9.93. The lowest BCUT2D eigenvalue weighted by Crippen LogP contribution is -1.98. The van der Waals surface area contributed by atoms with E-state index < -0.39 is 0 Å². The minimum absolute atomic E-state index is 0.719. The molecule has 0 aliphatic heterocycles. The van der Waals surface area contributed by atoms with Gasteiger partial charge in [0.1, 0.15) is 0 Å². The summed E-state index contributed by atoms with van der Waals surface area (Å²) in [6.07, 6.45) is 8.97. The van der Waals surface area contributed by atoms with E-state index in [9.17, 15) is 0 Å².